The molecule has 1 atom stereocenters. The lowest BCUT2D eigenvalue weighted by Crippen LogP contribution is -2.22. The van der Waals surface area contributed by atoms with E-state index in [0.717, 1.165) is 17.8 Å². The Labute approximate surface area is 96.7 Å². The van der Waals surface area contributed by atoms with Gasteiger partial charge in [0.1, 0.15) is 0 Å². The van der Waals surface area contributed by atoms with Gasteiger partial charge in [0.15, 0.2) is 5.43 Å². The molecule has 0 aliphatic rings. The van der Waals surface area contributed by atoms with Crippen LogP contribution in [0.3, 0.4) is 0 Å². The van der Waals surface area contributed by atoms with E-state index in [1.807, 2.05) is 13.8 Å². The topological polar surface area (TPSA) is 42.2 Å². The average Bonchev–Trinajstić information content (AvgIpc) is 2.13. The van der Waals surface area contributed by atoms with Crippen molar-refractivity contribution < 1.29 is 5.11 Å². The van der Waals surface area contributed by atoms with Gasteiger partial charge in [0.2, 0.25) is 0 Å². The highest BCUT2D eigenvalue weighted by Crippen LogP contribution is 2.20. The van der Waals surface area contributed by atoms with Crippen LogP contribution in [0.5, 0.6) is 0 Å². The Bertz CT molecular complexity index is 381. The molecule has 0 saturated carbocycles. The Morgan fingerprint density at radius 3 is 2.12 bits per heavy atom. The monoisotopic (exact) mass is 223 g/mol. The normalized spacial score (nSPS) is 13.1. The van der Waals surface area contributed by atoms with Crippen molar-refractivity contribution in [3.8, 4) is 0 Å². The maximum Gasteiger partial charge on any atom is 0.182 e. The highest BCUT2D eigenvalue weighted by molar-refractivity contribution is 5.13. The number of aliphatic hydroxyl groups excluding tert-OH is 1. The number of hydrogen-bond donors (Lipinski definition) is 1. The van der Waals surface area contributed by atoms with Gasteiger partial charge in [-0.05, 0) is 26.2 Å². The molecule has 16 heavy (non-hydrogen) atoms. The zero-order chi connectivity index (χ0) is 12.3. The van der Waals surface area contributed by atoms with E-state index in [1.54, 1.807) is 12.1 Å². The quantitative estimate of drug-likeness (QED) is 0.848. The molecule has 0 aliphatic heterocycles. The highest BCUT2D eigenvalue weighted by Gasteiger charge is 2.14. The van der Waals surface area contributed by atoms with E-state index in [0.29, 0.717) is 5.92 Å². The maximum atomic E-state index is 11.3. The summed E-state index contributed by atoms with van der Waals surface area (Å²) in [6.45, 7) is 8.21. The van der Waals surface area contributed by atoms with E-state index < -0.39 is 0 Å². The Hall–Kier alpha value is -1.09. The molecule has 1 unspecified atom stereocenters. The summed E-state index contributed by atoms with van der Waals surface area (Å²) in [4.78, 5) is 11.3. The summed E-state index contributed by atoms with van der Waals surface area (Å²) in [5.74, 6) is 0.523. The van der Waals surface area contributed by atoms with Gasteiger partial charge >= 0.3 is 0 Å². The Balaban J connectivity index is 3.14. The first kappa shape index (κ1) is 13.0. The number of nitrogens with zero attached hydrogens (tertiary/aromatic N) is 1. The van der Waals surface area contributed by atoms with Crippen molar-refractivity contribution in [2.24, 2.45) is 5.92 Å². The predicted molar refractivity (Wildman–Crippen MR) is 65.8 cm³/mol. The molecule has 1 rings (SSSR count). The minimum Gasteiger partial charge on any atom is -0.394 e. The minimum atomic E-state index is 0.0347. The van der Waals surface area contributed by atoms with E-state index in [-0.39, 0.29) is 18.1 Å². The fourth-order valence-electron chi connectivity index (χ4n) is 2.25. The standard InChI is InChI=1S/C13H21NO2/c1-9(2)5-12(8-15)14-10(3)6-13(16)7-11(14)4/h6-7,9,12,15H,5,8H2,1-4H3. The second kappa shape index (κ2) is 5.30. The Morgan fingerprint density at radius 2 is 1.75 bits per heavy atom. The van der Waals surface area contributed by atoms with Crippen LogP contribution < -0.4 is 5.43 Å². The lowest BCUT2D eigenvalue weighted by molar-refractivity contribution is 0.204. The van der Waals surface area contributed by atoms with E-state index in [4.69, 9.17) is 0 Å². The van der Waals surface area contributed by atoms with Gasteiger partial charge < -0.3 is 9.67 Å². The Kier molecular flexibility index (Phi) is 4.30. The molecule has 3 nitrogen and oxygen atoms in total. The van der Waals surface area contributed by atoms with Gasteiger partial charge in [-0.15, -0.1) is 0 Å². The summed E-state index contributed by atoms with van der Waals surface area (Å²) in [5, 5.41) is 9.45. The first-order valence-electron chi connectivity index (χ1n) is 5.76. The molecule has 0 aromatic carbocycles. The van der Waals surface area contributed by atoms with Crippen LogP contribution in [-0.4, -0.2) is 16.3 Å². The summed E-state index contributed by atoms with van der Waals surface area (Å²) in [6, 6.07) is 3.31. The van der Waals surface area contributed by atoms with Crippen molar-refractivity contribution in [3.05, 3.63) is 33.7 Å². The molecule has 90 valence electrons. The molecule has 1 aromatic heterocycles. The van der Waals surface area contributed by atoms with Gasteiger partial charge in [0, 0.05) is 23.5 Å². The number of aryl methyl sites for hydroxylation is 2. The molecular weight excluding hydrogens is 202 g/mol. The number of aromatic nitrogens is 1. The Morgan fingerprint density at radius 1 is 1.25 bits per heavy atom. The van der Waals surface area contributed by atoms with Crippen molar-refractivity contribution in [2.45, 2.75) is 40.2 Å². The molecule has 0 saturated heterocycles. The molecule has 1 heterocycles. The summed E-state index contributed by atoms with van der Waals surface area (Å²) in [5.41, 5.74) is 1.88. The average molecular weight is 223 g/mol. The lowest BCUT2D eigenvalue weighted by Gasteiger charge is -2.25. The minimum absolute atomic E-state index is 0.0347. The molecule has 3 heteroatoms. The fourth-order valence-corrected chi connectivity index (χ4v) is 2.25. The van der Waals surface area contributed by atoms with Gasteiger partial charge in [-0.3, -0.25) is 4.79 Å². The molecule has 0 bridgehead atoms. The SMILES string of the molecule is Cc1cc(=O)cc(C)n1C(CO)CC(C)C. The van der Waals surface area contributed by atoms with Gasteiger partial charge in [-0.25, -0.2) is 0 Å². The van der Waals surface area contributed by atoms with Crippen molar-refractivity contribution in [1.29, 1.82) is 0 Å². The highest BCUT2D eigenvalue weighted by atomic mass is 16.3. The van der Waals surface area contributed by atoms with E-state index in [2.05, 4.69) is 18.4 Å². The number of pyridine rings is 1. The van der Waals surface area contributed by atoms with Gasteiger partial charge in [0.25, 0.3) is 0 Å². The second-order valence-corrected chi connectivity index (χ2v) is 4.81. The summed E-state index contributed by atoms with van der Waals surface area (Å²) in [7, 11) is 0. The molecule has 0 spiro atoms. The van der Waals surface area contributed by atoms with Crippen molar-refractivity contribution >= 4 is 0 Å². The summed E-state index contributed by atoms with van der Waals surface area (Å²) in [6.07, 6.45) is 0.918. The van der Waals surface area contributed by atoms with Crippen LogP contribution in [0.25, 0.3) is 0 Å². The van der Waals surface area contributed by atoms with Crippen LogP contribution in [0, 0.1) is 19.8 Å². The number of aliphatic hydroxyl groups is 1. The first-order valence-corrected chi connectivity index (χ1v) is 5.76. The molecule has 0 fully saturated rings. The van der Waals surface area contributed by atoms with Gasteiger partial charge in [0.05, 0.1) is 12.6 Å². The summed E-state index contributed by atoms with van der Waals surface area (Å²) >= 11 is 0. The predicted octanol–water partition coefficient (Wildman–Crippen LogP) is 2.04. The number of hydrogen-bond acceptors (Lipinski definition) is 2. The maximum absolute atomic E-state index is 11.3. The molecular formula is C13H21NO2. The second-order valence-electron chi connectivity index (χ2n) is 4.81. The fraction of sp³-hybridized carbons (Fsp3) is 0.615. The molecule has 0 amide bonds. The van der Waals surface area contributed by atoms with Crippen LogP contribution in [0.2, 0.25) is 0 Å². The smallest absolute Gasteiger partial charge is 0.182 e. The van der Waals surface area contributed by atoms with Crippen molar-refractivity contribution in [1.82, 2.24) is 4.57 Å². The van der Waals surface area contributed by atoms with E-state index in [1.165, 1.54) is 0 Å². The largest absolute Gasteiger partial charge is 0.394 e. The molecule has 0 radical (unpaired) electrons. The third-order valence-electron chi connectivity index (χ3n) is 2.78. The van der Waals surface area contributed by atoms with Crippen LogP contribution in [0.15, 0.2) is 16.9 Å². The van der Waals surface area contributed by atoms with E-state index >= 15 is 0 Å². The molecule has 1 aromatic rings. The van der Waals surface area contributed by atoms with E-state index in [9.17, 15) is 9.90 Å². The zero-order valence-electron chi connectivity index (χ0n) is 10.5. The zero-order valence-corrected chi connectivity index (χ0v) is 10.5. The third-order valence-corrected chi connectivity index (χ3v) is 2.78. The molecule has 0 aliphatic carbocycles. The first-order chi connectivity index (χ1) is 7.45. The van der Waals surface area contributed by atoms with Crippen LogP contribution in [0.4, 0.5) is 0 Å². The lowest BCUT2D eigenvalue weighted by atomic mass is 10.0. The van der Waals surface area contributed by atoms with Crippen LogP contribution in [-0.2, 0) is 0 Å². The van der Waals surface area contributed by atoms with Gasteiger partial charge in [-0.2, -0.15) is 0 Å². The van der Waals surface area contributed by atoms with Crippen LogP contribution >= 0.6 is 0 Å². The third kappa shape index (κ3) is 2.95. The van der Waals surface area contributed by atoms with Gasteiger partial charge in [-0.1, -0.05) is 13.8 Å². The van der Waals surface area contributed by atoms with Crippen LogP contribution in [0.1, 0.15) is 37.7 Å². The van der Waals surface area contributed by atoms with Crippen molar-refractivity contribution in [3.63, 3.8) is 0 Å². The molecule has 1 N–H and O–H groups in total. The van der Waals surface area contributed by atoms with Crippen molar-refractivity contribution in [2.75, 3.05) is 6.61 Å². The number of rotatable bonds is 4. The summed E-state index contributed by atoms with van der Waals surface area (Å²) < 4.78 is 2.06.